The van der Waals surface area contributed by atoms with Gasteiger partial charge in [-0.05, 0) is 37.8 Å². The summed E-state index contributed by atoms with van der Waals surface area (Å²) in [5, 5.41) is 6.76. The van der Waals surface area contributed by atoms with Crippen LogP contribution in [0.5, 0.6) is 5.75 Å². The molecule has 0 radical (unpaired) electrons. The third-order valence-corrected chi connectivity index (χ3v) is 4.51. The lowest BCUT2D eigenvalue weighted by Gasteiger charge is -2.38. The van der Waals surface area contributed by atoms with E-state index in [1.807, 2.05) is 0 Å². The lowest BCUT2D eigenvalue weighted by atomic mass is 9.89. The zero-order chi connectivity index (χ0) is 19.0. The van der Waals surface area contributed by atoms with Crippen molar-refractivity contribution in [1.29, 1.82) is 0 Å². The standard InChI is InChI=1S/C21H35N3O2/c1-6-22-20(24-13-21(5)14-25-15-21)23-12-18-8-7-17(4)11-19(18)26-10-9-16(2)3/h7-8,11,16H,6,9-10,12-15H2,1-5H3,(H2,22,23,24). The van der Waals surface area contributed by atoms with Crippen LogP contribution in [0.1, 0.15) is 45.2 Å². The molecule has 0 bridgehead atoms. The van der Waals surface area contributed by atoms with E-state index in [0.29, 0.717) is 12.5 Å². The van der Waals surface area contributed by atoms with Gasteiger partial charge < -0.3 is 20.1 Å². The molecule has 0 amide bonds. The van der Waals surface area contributed by atoms with Gasteiger partial charge >= 0.3 is 0 Å². The van der Waals surface area contributed by atoms with Crippen molar-refractivity contribution < 1.29 is 9.47 Å². The van der Waals surface area contributed by atoms with Gasteiger partial charge in [-0.3, -0.25) is 0 Å². The Morgan fingerprint density at radius 1 is 1.31 bits per heavy atom. The van der Waals surface area contributed by atoms with Crippen LogP contribution in [0.4, 0.5) is 0 Å². The Balaban J connectivity index is 1.99. The van der Waals surface area contributed by atoms with Crippen molar-refractivity contribution in [1.82, 2.24) is 10.6 Å². The minimum absolute atomic E-state index is 0.213. The summed E-state index contributed by atoms with van der Waals surface area (Å²) < 4.78 is 11.4. The van der Waals surface area contributed by atoms with Crippen molar-refractivity contribution in [2.75, 3.05) is 32.9 Å². The summed E-state index contributed by atoms with van der Waals surface area (Å²) in [7, 11) is 0. The number of hydrogen-bond donors (Lipinski definition) is 2. The van der Waals surface area contributed by atoms with Crippen molar-refractivity contribution in [2.24, 2.45) is 16.3 Å². The molecule has 1 saturated heterocycles. The van der Waals surface area contributed by atoms with Crippen LogP contribution in [0.3, 0.4) is 0 Å². The molecule has 0 saturated carbocycles. The van der Waals surface area contributed by atoms with Gasteiger partial charge in [-0.2, -0.15) is 0 Å². The summed E-state index contributed by atoms with van der Waals surface area (Å²) in [4.78, 5) is 4.75. The SMILES string of the molecule is CCNC(=NCc1ccc(C)cc1OCCC(C)C)NCC1(C)COC1. The normalized spacial score (nSPS) is 16.3. The number of nitrogens with zero attached hydrogens (tertiary/aromatic N) is 1. The first kappa shape index (κ1) is 20.6. The van der Waals surface area contributed by atoms with E-state index in [4.69, 9.17) is 14.5 Å². The number of aryl methyl sites for hydroxylation is 1. The zero-order valence-corrected chi connectivity index (χ0v) is 17.0. The summed E-state index contributed by atoms with van der Waals surface area (Å²) in [5.41, 5.74) is 2.54. The van der Waals surface area contributed by atoms with E-state index in [0.717, 1.165) is 56.6 Å². The molecule has 0 aromatic heterocycles. The second-order valence-corrected chi connectivity index (χ2v) is 7.99. The fraction of sp³-hybridized carbons (Fsp3) is 0.667. The van der Waals surface area contributed by atoms with E-state index >= 15 is 0 Å². The molecule has 1 heterocycles. The Morgan fingerprint density at radius 2 is 2.08 bits per heavy atom. The highest BCUT2D eigenvalue weighted by atomic mass is 16.5. The molecule has 0 spiro atoms. The number of aliphatic imine (C=N–C) groups is 1. The third-order valence-electron chi connectivity index (χ3n) is 4.51. The van der Waals surface area contributed by atoms with Crippen molar-refractivity contribution >= 4 is 5.96 Å². The summed E-state index contributed by atoms with van der Waals surface area (Å²) in [6, 6.07) is 6.35. The van der Waals surface area contributed by atoms with Crippen LogP contribution in [0.2, 0.25) is 0 Å². The highest BCUT2D eigenvalue weighted by Gasteiger charge is 2.33. The minimum Gasteiger partial charge on any atom is -0.493 e. The van der Waals surface area contributed by atoms with Crippen LogP contribution in [0.15, 0.2) is 23.2 Å². The van der Waals surface area contributed by atoms with Gasteiger partial charge in [-0.1, -0.05) is 32.9 Å². The number of benzene rings is 1. The fourth-order valence-electron chi connectivity index (χ4n) is 2.69. The second-order valence-electron chi connectivity index (χ2n) is 7.99. The largest absolute Gasteiger partial charge is 0.493 e. The maximum atomic E-state index is 6.04. The van der Waals surface area contributed by atoms with Crippen molar-refractivity contribution in [2.45, 2.75) is 47.6 Å². The van der Waals surface area contributed by atoms with Crippen molar-refractivity contribution in [3.8, 4) is 5.75 Å². The van der Waals surface area contributed by atoms with Crippen LogP contribution in [0, 0.1) is 18.3 Å². The highest BCUT2D eigenvalue weighted by molar-refractivity contribution is 5.79. The molecule has 146 valence electrons. The monoisotopic (exact) mass is 361 g/mol. The van der Waals surface area contributed by atoms with Gasteiger partial charge in [0.05, 0.1) is 26.4 Å². The first-order chi connectivity index (χ1) is 12.4. The van der Waals surface area contributed by atoms with Gasteiger partial charge in [0, 0.05) is 24.1 Å². The fourth-order valence-corrected chi connectivity index (χ4v) is 2.69. The number of hydrogen-bond acceptors (Lipinski definition) is 3. The van der Waals surface area contributed by atoms with Gasteiger partial charge in [-0.15, -0.1) is 0 Å². The molecule has 1 aromatic carbocycles. The second kappa shape index (κ2) is 9.81. The number of ether oxygens (including phenoxy) is 2. The van der Waals surface area contributed by atoms with E-state index in [-0.39, 0.29) is 5.41 Å². The molecule has 0 aliphatic carbocycles. The third kappa shape index (κ3) is 6.52. The average molecular weight is 362 g/mol. The van der Waals surface area contributed by atoms with Gasteiger partial charge in [0.2, 0.25) is 0 Å². The van der Waals surface area contributed by atoms with Crippen LogP contribution in [-0.2, 0) is 11.3 Å². The Hall–Kier alpha value is -1.75. The molecule has 2 N–H and O–H groups in total. The molecule has 1 aliphatic rings. The zero-order valence-electron chi connectivity index (χ0n) is 17.0. The molecule has 2 rings (SSSR count). The van der Waals surface area contributed by atoms with E-state index in [1.165, 1.54) is 5.56 Å². The van der Waals surface area contributed by atoms with Crippen LogP contribution in [-0.4, -0.2) is 38.9 Å². The summed E-state index contributed by atoms with van der Waals surface area (Å²) in [6.07, 6.45) is 1.06. The highest BCUT2D eigenvalue weighted by Crippen LogP contribution is 2.25. The molecule has 26 heavy (non-hydrogen) atoms. The first-order valence-electron chi connectivity index (χ1n) is 9.74. The molecule has 1 fully saturated rings. The van der Waals surface area contributed by atoms with E-state index < -0.39 is 0 Å². The number of rotatable bonds is 9. The Labute approximate surface area is 158 Å². The predicted octanol–water partition coefficient (Wildman–Crippen LogP) is 3.51. The van der Waals surface area contributed by atoms with E-state index in [1.54, 1.807) is 0 Å². The van der Waals surface area contributed by atoms with Gasteiger partial charge in [-0.25, -0.2) is 4.99 Å². The molecule has 1 aromatic rings. The van der Waals surface area contributed by atoms with Gasteiger partial charge in [0.25, 0.3) is 0 Å². The lowest BCUT2D eigenvalue weighted by molar-refractivity contribution is -0.0971. The van der Waals surface area contributed by atoms with Crippen molar-refractivity contribution in [3.63, 3.8) is 0 Å². The van der Waals surface area contributed by atoms with Crippen LogP contribution >= 0.6 is 0 Å². The molecule has 0 atom stereocenters. The van der Waals surface area contributed by atoms with E-state index in [9.17, 15) is 0 Å². The summed E-state index contributed by atoms with van der Waals surface area (Å²) in [6.45, 7) is 15.5. The first-order valence-corrected chi connectivity index (χ1v) is 9.74. The molecule has 5 heteroatoms. The molecule has 0 unspecified atom stereocenters. The molecular weight excluding hydrogens is 326 g/mol. The topological polar surface area (TPSA) is 54.9 Å². The van der Waals surface area contributed by atoms with Crippen molar-refractivity contribution in [3.05, 3.63) is 29.3 Å². The maximum absolute atomic E-state index is 6.04. The Kier molecular flexibility index (Phi) is 7.76. The Morgan fingerprint density at radius 3 is 2.69 bits per heavy atom. The molecule has 5 nitrogen and oxygen atoms in total. The average Bonchev–Trinajstić information content (AvgIpc) is 2.56. The van der Waals surface area contributed by atoms with Crippen LogP contribution in [0.25, 0.3) is 0 Å². The number of nitrogens with one attached hydrogen (secondary N) is 2. The molecular formula is C21H35N3O2. The smallest absolute Gasteiger partial charge is 0.191 e. The predicted molar refractivity (Wildman–Crippen MR) is 108 cm³/mol. The van der Waals surface area contributed by atoms with Gasteiger partial charge in [0.15, 0.2) is 5.96 Å². The molecule has 1 aliphatic heterocycles. The maximum Gasteiger partial charge on any atom is 0.191 e. The number of guanidine groups is 1. The van der Waals surface area contributed by atoms with E-state index in [2.05, 4.69) is 63.5 Å². The lowest BCUT2D eigenvalue weighted by Crippen LogP contribution is -2.51. The summed E-state index contributed by atoms with van der Waals surface area (Å²) in [5.74, 6) is 2.43. The quantitative estimate of drug-likeness (QED) is 0.522. The summed E-state index contributed by atoms with van der Waals surface area (Å²) >= 11 is 0. The minimum atomic E-state index is 0.213. The van der Waals surface area contributed by atoms with Gasteiger partial charge in [0.1, 0.15) is 5.75 Å². The Bertz CT molecular complexity index is 595. The van der Waals surface area contributed by atoms with Crippen LogP contribution < -0.4 is 15.4 Å².